The number of hydrogen-bond donors (Lipinski definition) is 1. The zero-order valence-electron chi connectivity index (χ0n) is 13.9. The van der Waals surface area contributed by atoms with Gasteiger partial charge in [-0.2, -0.15) is 5.26 Å². The van der Waals surface area contributed by atoms with Crippen LogP contribution in [0, 0.1) is 11.3 Å². The maximum Gasteiger partial charge on any atom is 0.203 e. The largest absolute Gasteiger partial charge is 0.374 e. The van der Waals surface area contributed by atoms with Gasteiger partial charge in [-0.15, -0.1) is 0 Å². The lowest BCUT2D eigenvalue weighted by atomic mass is 9.98. The van der Waals surface area contributed by atoms with Crippen LogP contribution < -0.4 is 0 Å². The van der Waals surface area contributed by atoms with E-state index in [1.54, 1.807) is 0 Å². The third-order valence-corrected chi connectivity index (χ3v) is 4.19. The molecule has 130 valence electrons. The van der Waals surface area contributed by atoms with Crippen LogP contribution in [0.5, 0.6) is 0 Å². The first-order valence-corrected chi connectivity index (χ1v) is 8.24. The molecule has 1 saturated heterocycles. The SMILES string of the molecule is N#C[C@]1(O)CO[C@H](COCc2ccccc2)[C@H]1OCc1ccccc1. The zero-order chi connectivity index (χ0) is 17.5. The van der Waals surface area contributed by atoms with E-state index in [0.29, 0.717) is 13.2 Å². The van der Waals surface area contributed by atoms with Gasteiger partial charge in [0, 0.05) is 0 Å². The topological polar surface area (TPSA) is 71.7 Å². The lowest BCUT2D eigenvalue weighted by Crippen LogP contribution is -2.45. The molecule has 0 amide bonds. The Bertz CT molecular complexity index is 701. The van der Waals surface area contributed by atoms with Crippen LogP contribution in [0.1, 0.15) is 11.1 Å². The van der Waals surface area contributed by atoms with Crippen LogP contribution in [0.2, 0.25) is 0 Å². The summed E-state index contributed by atoms with van der Waals surface area (Å²) in [5.41, 5.74) is 0.367. The Kier molecular flexibility index (Phi) is 5.79. The first kappa shape index (κ1) is 17.6. The molecule has 0 saturated carbocycles. The summed E-state index contributed by atoms with van der Waals surface area (Å²) < 4.78 is 17.1. The van der Waals surface area contributed by atoms with Crippen molar-refractivity contribution in [1.82, 2.24) is 0 Å². The summed E-state index contributed by atoms with van der Waals surface area (Å²) in [5.74, 6) is 0. The monoisotopic (exact) mass is 339 g/mol. The highest BCUT2D eigenvalue weighted by Crippen LogP contribution is 2.28. The van der Waals surface area contributed by atoms with Gasteiger partial charge in [0.1, 0.15) is 18.3 Å². The first-order chi connectivity index (χ1) is 12.2. The molecule has 0 spiro atoms. The summed E-state index contributed by atoms with van der Waals surface area (Å²) in [5, 5.41) is 19.8. The molecule has 1 fully saturated rings. The number of nitriles is 1. The highest BCUT2D eigenvalue weighted by Gasteiger charge is 2.50. The summed E-state index contributed by atoms with van der Waals surface area (Å²) in [6, 6.07) is 21.3. The van der Waals surface area contributed by atoms with Gasteiger partial charge in [0.2, 0.25) is 5.60 Å². The molecule has 1 aliphatic heterocycles. The second-order valence-corrected chi connectivity index (χ2v) is 6.10. The highest BCUT2D eigenvalue weighted by molar-refractivity contribution is 5.16. The number of nitrogens with zero attached hydrogens (tertiary/aromatic N) is 1. The molecule has 1 aliphatic rings. The van der Waals surface area contributed by atoms with E-state index in [1.165, 1.54) is 0 Å². The molecule has 25 heavy (non-hydrogen) atoms. The van der Waals surface area contributed by atoms with Gasteiger partial charge in [0.15, 0.2) is 0 Å². The van der Waals surface area contributed by atoms with Crippen LogP contribution in [0.15, 0.2) is 60.7 Å². The van der Waals surface area contributed by atoms with Gasteiger partial charge < -0.3 is 19.3 Å². The molecule has 5 nitrogen and oxygen atoms in total. The fraction of sp³-hybridized carbons (Fsp3) is 0.350. The molecule has 2 aromatic carbocycles. The minimum atomic E-state index is -1.66. The standard InChI is InChI=1S/C20H21NO4/c21-14-20(22)15-25-18(13-23-11-16-7-3-1-4-8-16)19(20)24-12-17-9-5-2-6-10-17/h1-10,18-19,22H,11-13,15H2/t18-,19-,20+/m1/s1. The maximum atomic E-state index is 10.5. The van der Waals surface area contributed by atoms with Gasteiger partial charge in [-0.1, -0.05) is 60.7 Å². The third kappa shape index (κ3) is 4.44. The number of rotatable bonds is 7. The minimum Gasteiger partial charge on any atom is -0.374 e. The molecule has 2 aromatic rings. The predicted octanol–water partition coefficient (Wildman–Crippen LogP) is 2.44. The Hall–Kier alpha value is -2.23. The van der Waals surface area contributed by atoms with Crippen molar-refractivity contribution in [2.45, 2.75) is 31.0 Å². The average molecular weight is 339 g/mol. The fourth-order valence-electron chi connectivity index (χ4n) is 2.82. The van der Waals surface area contributed by atoms with Crippen molar-refractivity contribution < 1.29 is 19.3 Å². The average Bonchev–Trinajstić information content (AvgIpc) is 2.98. The molecular weight excluding hydrogens is 318 g/mol. The van der Waals surface area contributed by atoms with E-state index >= 15 is 0 Å². The molecule has 3 rings (SSSR count). The minimum absolute atomic E-state index is 0.0810. The summed E-state index contributed by atoms with van der Waals surface area (Å²) in [6.07, 6.45) is -1.24. The second kappa shape index (κ2) is 8.24. The van der Waals surface area contributed by atoms with Crippen molar-refractivity contribution >= 4 is 0 Å². The van der Waals surface area contributed by atoms with E-state index in [2.05, 4.69) is 0 Å². The summed E-state index contributed by atoms with van der Waals surface area (Å²) in [4.78, 5) is 0. The Labute approximate surface area is 147 Å². The maximum absolute atomic E-state index is 10.5. The molecular formula is C20H21NO4. The number of hydrogen-bond acceptors (Lipinski definition) is 5. The quantitative estimate of drug-likeness (QED) is 0.785. The summed E-state index contributed by atoms with van der Waals surface area (Å²) >= 11 is 0. The van der Waals surface area contributed by atoms with Crippen LogP contribution in [0.25, 0.3) is 0 Å². The van der Waals surface area contributed by atoms with Crippen LogP contribution in [-0.4, -0.2) is 36.1 Å². The molecule has 3 atom stereocenters. The van der Waals surface area contributed by atoms with E-state index < -0.39 is 17.8 Å². The zero-order valence-corrected chi connectivity index (χ0v) is 13.9. The van der Waals surface area contributed by atoms with Gasteiger partial charge >= 0.3 is 0 Å². The fourth-order valence-corrected chi connectivity index (χ4v) is 2.82. The molecule has 0 aliphatic carbocycles. The van der Waals surface area contributed by atoms with Crippen LogP contribution in [-0.2, 0) is 27.4 Å². The van der Waals surface area contributed by atoms with Crippen molar-refractivity contribution in [2.75, 3.05) is 13.2 Å². The van der Waals surface area contributed by atoms with Crippen molar-refractivity contribution in [3.8, 4) is 6.07 Å². The van der Waals surface area contributed by atoms with Crippen molar-refractivity contribution in [2.24, 2.45) is 0 Å². The van der Waals surface area contributed by atoms with Crippen LogP contribution in [0.3, 0.4) is 0 Å². The molecule has 5 heteroatoms. The predicted molar refractivity (Wildman–Crippen MR) is 91.4 cm³/mol. The summed E-state index contributed by atoms with van der Waals surface area (Å²) in [7, 11) is 0. The van der Waals surface area contributed by atoms with E-state index in [1.807, 2.05) is 66.7 Å². The lowest BCUT2D eigenvalue weighted by Gasteiger charge is -2.25. The smallest absolute Gasteiger partial charge is 0.203 e. The molecule has 0 bridgehead atoms. The number of aliphatic hydroxyl groups is 1. The first-order valence-electron chi connectivity index (χ1n) is 8.24. The van der Waals surface area contributed by atoms with Gasteiger partial charge in [0.25, 0.3) is 0 Å². The Morgan fingerprint density at radius 3 is 2.24 bits per heavy atom. The molecule has 0 unspecified atom stereocenters. The Morgan fingerprint density at radius 1 is 1.04 bits per heavy atom. The van der Waals surface area contributed by atoms with Crippen molar-refractivity contribution in [3.05, 3.63) is 71.8 Å². The normalized spacial score (nSPS) is 25.6. The third-order valence-electron chi connectivity index (χ3n) is 4.19. The molecule has 1 heterocycles. The Morgan fingerprint density at radius 2 is 1.64 bits per heavy atom. The van der Waals surface area contributed by atoms with E-state index in [0.717, 1.165) is 11.1 Å². The molecule has 0 aromatic heterocycles. The van der Waals surface area contributed by atoms with E-state index in [4.69, 9.17) is 14.2 Å². The highest BCUT2D eigenvalue weighted by atomic mass is 16.6. The van der Waals surface area contributed by atoms with Gasteiger partial charge in [-0.05, 0) is 11.1 Å². The molecule has 0 radical (unpaired) electrons. The lowest BCUT2D eigenvalue weighted by molar-refractivity contribution is -0.0891. The van der Waals surface area contributed by atoms with Crippen LogP contribution >= 0.6 is 0 Å². The number of ether oxygens (including phenoxy) is 3. The Balaban J connectivity index is 1.58. The molecule has 1 N–H and O–H groups in total. The van der Waals surface area contributed by atoms with Crippen LogP contribution in [0.4, 0.5) is 0 Å². The van der Waals surface area contributed by atoms with Gasteiger partial charge in [-0.25, -0.2) is 0 Å². The van der Waals surface area contributed by atoms with Gasteiger partial charge in [0.05, 0.1) is 26.4 Å². The van der Waals surface area contributed by atoms with Crippen molar-refractivity contribution in [3.63, 3.8) is 0 Å². The van der Waals surface area contributed by atoms with Crippen molar-refractivity contribution in [1.29, 1.82) is 5.26 Å². The van der Waals surface area contributed by atoms with Gasteiger partial charge in [-0.3, -0.25) is 0 Å². The number of benzene rings is 2. The second-order valence-electron chi connectivity index (χ2n) is 6.10. The van der Waals surface area contributed by atoms with E-state index in [9.17, 15) is 10.4 Å². The van der Waals surface area contributed by atoms with E-state index in [-0.39, 0.29) is 13.2 Å². The summed E-state index contributed by atoms with van der Waals surface area (Å²) in [6.45, 7) is 0.909.